The van der Waals surface area contributed by atoms with Gasteiger partial charge in [0.1, 0.15) is 0 Å². The number of carbonyl (C=O) groups is 2. The highest BCUT2D eigenvalue weighted by molar-refractivity contribution is 6.21. The van der Waals surface area contributed by atoms with Gasteiger partial charge in [-0.1, -0.05) is 103 Å². The first-order chi connectivity index (χ1) is 15.7. The molecule has 0 aromatic carbocycles. The van der Waals surface area contributed by atoms with Gasteiger partial charge in [-0.05, 0) is 57.3 Å². The number of hydrogen-bond donors (Lipinski definition) is 0. The van der Waals surface area contributed by atoms with Crippen molar-refractivity contribution in [2.45, 2.75) is 112 Å². The summed E-state index contributed by atoms with van der Waals surface area (Å²) < 4.78 is 0. The van der Waals surface area contributed by atoms with E-state index in [0.29, 0.717) is 29.6 Å². The molecule has 184 valence electrons. The van der Waals surface area contributed by atoms with E-state index in [4.69, 9.17) is 0 Å². The van der Waals surface area contributed by atoms with Crippen LogP contribution in [0.2, 0.25) is 0 Å². The predicted octanol–water partition coefficient (Wildman–Crippen LogP) is 8.73. The summed E-state index contributed by atoms with van der Waals surface area (Å²) in [5.41, 5.74) is 3.40. The van der Waals surface area contributed by atoms with Crippen LogP contribution in [0.15, 0.2) is 46.6 Å². The van der Waals surface area contributed by atoms with Crippen molar-refractivity contribution in [3.8, 4) is 0 Å². The molecule has 2 rings (SSSR count). The molecular formula is C31H48O2. The SMILES string of the molecule is CC1=C(C/C=C(\C)CCC[C@H](C)CCC[C@@H](C)CCCC(C)C)C(=O)C2=CC=CCC2C1=O. The van der Waals surface area contributed by atoms with Crippen LogP contribution < -0.4 is 0 Å². The molecule has 0 saturated heterocycles. The molecule has 2 aliphatic carbocycles. The van der Waals surface area contributed by atoms with Gasteiger partial charge in [0.15, 0.2) is 11.6 Å². The first-order valence-corrected chi connectivity index (χ1v) is 13.5. The first kappa shape index (κ1) is 27.5. The van der Waals surface area contributed by atoms with Gasteiger partial charge in [-0.2, -0.15) is 0 Å². The summed E-state index contributed by atoms with van der Waals surface area (Å²) in [6, 6.07) is 0. The van der Waals surface area contributed by atoms with E-state index in [0.717, 1.165) is 24.2 Å². The maximum atomic E-state index is 12.9. The molecule has 0 radical (unpaired) electrons. The third kappa shape index (κ3) is 8.87. The largest absolute Gasteiger partial charge is 0.294 e. The zero-order chi connectivity index (χ0) is 24.4. The van der Waals surface area contributed by atoms with Gasteiger partial charge in [0.05, 0.1) is 5.92 Å². The van der Waals surface area contributed by atoms with Gasteiger partial charge in [-0.25, -0.2) is 0 Å². The second-order valence-electron chi connectivity index (χ2n) is 11.2. The average molecular weight is 453 g/mol. The zero-order valence-electron chi connectivity index (χ0n) is 22.2. The maximum Gasteiger partial charge on any atom is 0.186 e. The van der Waals surface area contributed by atoms with Crippen LogP contribution in [0.3, 0.4) is 0 Å². The van der Waals surface area contributed by atoms with E-state index >= 15 is 0 Å². The summed E-state index contributed by atoms with van der Waals surface area (Å²) in [5, 5.41) is 0. The van der Waals surface area contributed by atoms with Crippen molar-refractivity contribution < 1.29 is 9.59 Å². The molecular weight excluding hydrogens is 404 g/mol. The molecule has 0 saturated carbocycles. The average Bonchev–Trinajstić information content (AvgIpc) is 2.77. The van der Waals surface area contributed by atoms with Crippen molar-refractivity contribution in [1.29, 1.82) is 0 Å². The van der Waals surface area contributed by atoms with Crippen molar-refractivity contribution in [1.82, 2.24) is 0 Å². The van der Waals surface area contributed by atoms with Gasteiger partial charge in [0.2, 0.25) is 0 Å². The summed E-state index contributed by atoms with van der Waals surface area (Å²) >= 11 is 0. The van der Waals surface area contributed by atoms with Gasteiger partial charge < -0.3 is 0 Å². The minimum Gasteiger partial charge on any atom is -0.294 e. The predicted molar refractivity (Wildman–Crippen MR) is 141 cm³/mol. The molecule has 1 unspecified atom stereocenters. The number of allylic oxidation sites excluding steroid dienone is 8. The summed E-state index contributed by atoms with van der Waals surface area (Å²) in [4.78, 5) is 25.6. The maximum absolute atomic E-state index is 12.9. The lowest BCUT2D eigenvalue weighted by Crippen LogP contribution is -2.31. The number of hydrogen-bond acceptors (Lipinski definition) is 2. The Bertz CT molecular complexity index is 790. The fourth-order valence-electron chi connectivity index (χ4n) is 5.20. The van der Waals surface area contributed by atoms with Crippen LogP contribution >= 0.6 is 0 Å². The van der Waals surface area contributed by atoms with Gasteiger partial charge in [0, 0.05) is 16.7 Å². The van der Waals surface area contributed by atoms with Gasteiger partial charge >= 0.3 is 0 Å². The Hall–Kier alpha value is -1.70. The first-order valence-electron chi connectivity index (χ1n) is 13.5. The highest BCUT2D eigenvalue weighted by Crippen LogP contribution is 2.34. The lowest BCUT2D eigenvalue weighted by molar-refractivity contribution is -0.122. The number of rotatable bonds is 14. The molecule has 0 aromatic rings. The lowest BCUT2D eigenvalue weighted by atomic mass is 9.74. The van der Waals surface area contributed by atoms with Crippen LogP contribution in [0.25, 0.3) is 0 Å². The summed E-state index contributed by atoms with van der Waals surface area (Å²) in [7, 11) is 0. The minimum absolute atomic E-state index is 0.0811. The normalized spacial score (nSPS) is 20.9. The molecule has 0 spiro atoms. The van der Waals surface area contributed by atoms with Gasteiger partial charge in [-0.15, -0.1) is 0 Å². The van der Waals surface area contributed by atoms with Crippen molar-refractivity contribution in [3.63, 3.8) is 0 Å². The van der Waals surface area contributed by atoms with Crippen molar-refractivity contribution in [3.05, 3.63) is 46.6 Å². The molecule has 0 fully saturated rings. The topological polar surface area (TPSA) is 34.1 Å². The van der Waals surface area contributed by atoms with Crippen LogP contribution in [-0.4, -0.2) is 11.6 Å². The van der Waals surface area contributed by atoms with E-state index in [1.54, 1.807) is 0 Å². The summed E-state index contributed by atoms with van der Waals surface area (Å²) in [6.45, 7) is 13.5. The molecule has 2 aliphatic rings. The number of fused-ring (bicyclic) bond motifs is 1. The molecule has 0 aromatic heterocycles. The third-order valence-electron chi connectivity index (χ3n) is 7.63. The van der Waals surface area contributed by atoms with E-state index in [-0.39, 0.29) is 17.5 Å². The molecule has 0 heterocycles. The summed E-state index contributed by atoms with van der Waals surface area (Å²) in [5.74, 6) is 2.45. The quantitative estimate of drug-likeness (QED) is 0.247. The van der Waals surface area contributed by atoms with E-state index in [2.05, 4.69) is 40.7 Å². The number of Topliss-reactive ketones (excluding diaryl/α,β-unsaturated/α-hetero) is 2. The van der Waals surface area contributed by atoms with E-state index in [9.17, 15) is 9.59 Å². The highest BCUT2D eigenvalue weighted by atomic mass is 16.1. The third-order valence-corrected chi connectivity index (χ3v) is 7.63. The Morgan fingerprint density at radius 3 is 2.21 bits per heavy atom. The smallest absolute Gasteiger partial charge is 0.186 e. The molecule has 3 atom stereocenters. The molecule has 0 N–H and O–H groups in total. The van der Waals surface area contributed by atoms with E-state index < -0.39 is 0 Å². The molecule has 33 heavy (non-hydrogen) atoms. The second kappa shape index (κ2) is 13.9. The van der Waals surface area contributed by atoms with E-state index in [1.807, 2.05) is 25.2 Å². The van der Waals surface area contributed by atoms with Crippen LogP contribution in [-0.2, 0) is 9.59 Å². The lowest BCUT2D eigenvalue weighted by Gasteiger charge is -2.26. The van der Waals surface area contributed by atoms with Crippen LogP contribution in [0.4, 0.5) is 0 Å². The van der Waals surface area contributed by atoms with Crippen molar-refractivity contribution in [2.24, 2.45) is 23.7 Å². The highest BCUT2D eigenvalue weighted by Gasteiger charge is 2.36. The monoisotopic (exact) mass is 452 g/mol. The number of carbonyl (C=O) groups excluding carboxylic acids is 2. The molecule has 2 heteroatoms. The Morgan fingerprint density at radius 2 is 1.58 bits per heavy atom. The summed E-state index contributed by atoms with van der Waals surface area (Å²) in [6.07, 6.45) is 20.9. The van der Waals surface area contributed by atoms with Gasteiger partial charge in [-0.3, -0.25) is 9.59 Å². The van der Waals surface area contributed by atoms with Gasteiger partial charge in [0.25, 0.3) is 0 Å². The Balaban J connectivity index is 1.70. The molecule has 0 bridgehead atoms. The van der Waals surface area contributed by atoms with Crippen LogP contribution in [0.1, 0.15) is 112 Å². The standard InChI is InChI=1S/C31H48O2/c1-22(2)12-9-13-23(3)14-10-15-24(4)16-11-17-25(5)20-21-27-26(6)30(32)28-18-7-8-19-29(28)31(27)33/h7-8,19-20,22-24,28H,9-18,21H2,1-6H3/b25-20+/t23-,24+,28?/m0/s1. The van der Waals surface area contributed by atoms with E-state index in [1.165, 1.54) is 56.9 Å². The number of ketones is 2. The van der Waals surface area contributed by atoms with Crippen molar-refractivity contribution in [2.75, 3.05) is 0 Å². The van der Waals surface area contributed by atoms with Crippen LogP contribution in [0.5, 0.6) is 0 Å². The Morgan fingerprint density at radius 1 is 0.970 bits per heavy atom. The van der Waals surface area contributed by atoms with Crippen LogP contribution in [0, 0.1) is 23.7 Å². The molecule has 0 aliphatic heterocycles. The fourth-order valence-corrected chi connectivity index (χ4v) is 5.20. The zero-order valence-corrected chi connectivity index (χ0v) is 22.2. The fraction of sp³-hybridized carbons (Fsp3) is 0.677. The Labute approximate surface area is 203 Å². The Kier molecular flexibility index (Phi) is 11.6. The molecule has 2 nitrogen and oxygen atoms in total. The molecule has 0 amide bonds. The minimum atomic E-state index is -0.249. The second-order valence-corrected chi connectivity index (χ2v) is 11.2. The van der Waals surface area contributed by atoms with Crippen molar-refractivity contribution >= 4 is 11.6 Å².